The number of rotatable bonds is 8. The smallest absolute Gasteiger partial charge is 0.286 e. The Morgan fingerprint density at radius 3 is 2.70 bits per heavy atom. The van der Waals surface area contributed by atoms with E-state index in [1.54, 1.807) is 6.92 Å². The van der Waals surface area contributed by atoms with E-state index in [4.69, 9.17) is 16.3 Å². The first-order valence-corrected chi connectivity index (χ1v) is 6.39. The van der Waals surface area contributed by atoms with Crippen molar-refractivity contribution in [1.29, 1.82) is 0 Å². The Bertz CT molecular complexity index is 530. The van der Waals surface area contributed by atoms with Crippen LogP contribution in [-0.2, 0) is 4.79 Å². The van der Waals surface area contributed by atoms with Crippen LogP contribution in [0, 0.1) is 17.0 Å². The van der Waals surface area contributed by atoms with Gasteiger partial charge >= 0.3 is 0 Å². The number of nitro groups is 1. The fourth-order valence-electron chi connectivity index (χ4n) is 1.73. The lowest BCUT2D eigenvalue weighted by molar-refractivity contribution is -0.385. The molecule has 108 valence electrons. The SMILES string of the molecule is Cc1ccc(OCCCCC(=O)Cl)c(C=O)c1[N+](=O)[O-]. The molecule has 0 N–H and O–H groups in total. The highest BCUT2D eigenvalue weighted by molar-refractivity contribution is 6.63. The van der Waals surface area contributed by atoms with Gasteiger partial charge < -0.3 is 4.74 Å². The highest BCUT2D eigenvalue weighted by Crippen LogP contribution is 2.30. The first-order valence-electron chi connectivity index (χ1n) is 6.01. The summed E-state index contributed by atoms with van der Waals surface area (Å²) >= 11 is 5.19. The average molecular weight is 300 g/mol. The van der Waals surface area contributed by atoms with E-state index in [1.165, 1.54) is 12.1 Å². The number of aldehydes is 1. The fraction of sp³-hybridized carbons (Fsp3) is 0.385. The molecule has 0 unspecified atom stereocenters. The maximum absolute atomic E-state index is 11.0. The summed E-state index contributed by atoms with van der Waals surface area (Å²) in [6.45, 7) is 1.81. The van der Waals surface area contributed by atoms with Crippen LogP contribution in [-0.4, -0.2) is 23.1 Å². The van der Waals surface area contributed by atoms with Gasteiger partial charge in [0.05, 0.1) is 11.5 Å². The van der Waals surface area contributed by atoms with E-state index in [-0.39, 0.29) is 30.0 Å². The van der Waals surface area contributed by atoms with Crippen LogP contribution in [0.25, 0.3) is 0 Å². The lowest BCUT2D eigenvalue weighted by Crippen LogP contribution is -2.04. The number of carbonyl (C=O) groups is 2. The molecule has 0 amide bonds. The molecule has 1 aromatic rings. The number of nitrogens with zero attached hydrogens (tertiary/aromatic N) is 1. The molecule has 0 heterocycles. The molecular weight excluding hydrogens is 286 g/mol. The summed E-state index contributed by atoms with van der Waals surface area (Å²) in [4.78, 5) is 31.9. The van der Waals surface area contributed by atoms with Crippen molar-refractivity contribution in [2.24, 2.45) is 0 Å². The molecule has 20 heavy (non-hydrogen) atoms. The molecule has 0 aliphatic heterocycles. The lowest BCUT2D eigenvalue weighted by atomic mass is 10.1. The number of aryl methyl sites for hydroxylation is 1. The van der Waals surface area contributed by atoms with Gasteiger partial charge in [0, 0.05) is 12.0 Å². The third-order valence-corrected chi connectivity index (χ3v) is 2.89. The van der Waals surface area contributed by atoms with E-state index in [1.807, 2.05) is 0 Å². The molecule has 0 fully saturated rings. The predicted octanol–water partition coefficient (Wildman–Crippen LogP) is 3.03. The summed E-state index contributed by atoms with van der Waals surface area (Å²) in [5.41, 5.74) is 0.0917. The molecule has 0 saturated heterocycles. The predicted molar refractivity (Wildman–Crippen MR) is 73.4 cm³/mol. The van der Waals surface area contributed by atoms with Gasteiger partial charge in [-0.15, -0.1) is 0 Å². The highest BCUT2D eigenvalue weighted by atomic mass is 35.5. The fourth-order valence-corrected chi connectivity index (χ4v) is 1.86. The maximum Gasteiger partial charge on any atom is 0.286 e. The monoisotopic (exact) mass is 299 g/mol. The Kier molecular flexibility index (Phi) is 6.11. The number of unbranched alkanes of at least 4 members (excludes halogenated alkanes) is 1. The summed E-state index contributed by atoms with van der Waals surface area (Å²) in [5, 5.41) is 10.5. The first kappa shape index (κ1) is 16.1. The largest absolute Gasteiger partial charge is 0.493 e. The third kappa shape index (κ3) is 4.31. The van der Waals surface area contributed by atoms with Crippen molar-refractivity contribution in [2.45, 2.75) is 26.2 Å². The van der Waals surface area contributed by atoms with Crippen molar-refractivity contribution in [1.82, 2.24) is 0 Å². The molecule has 0 bridgehead atoms. The highest BCUT2D eigenvalue weighted by Gasteiger charge is 2.21. The minimum absolute atomic E-state index is 0.0663. The molecule has 1 aromatic carbocycles. The molecule has 7 heteroatoms. The number of hydrogen-bond donors (Lipinski definition) is 0. The second kappa shape index (κ2) is 7.59. The number of benzene rings is 1. The minimum atomic E-state index is -0.599. The van der Waals surface area contributed by atoms with E-state index in [2.05, 4.69) is 0 Å². The van der Waals surface area contributed by atoms with Crippen LogP contribution in [0.3, 0.4) is 0 Å². The number of hydrogen-bond acceptors (Lipinski definition) is 5. The van der Waals surface area contributed by atoms with E-state index in [0.29, 0.717) is 24.7 Å². The number of halogens is 1. The van der Waals surface area contributed by atoms with Crippen LogP contribution in [0.2, 0.25) is 0 Å². The summed E-state index contributed by atoms with van der Waals surface area (Å²) < 4.78 is 5.37. The van der Waals surface area contributed by atoms with E-state index < -0.39 is 10.2 Å². The normalized spacial score (nSPS) is 10.1. The zero-order chi connectivity index (χ0) is 15.1. The Balaban J connectivity index is 2.75. The van der Waals surface area contributed by atoms with E-state index in [9.17, 15) is 19.7 Å². The van der Waals surface area contributed by atoms with Crippen LogP contribution >= 0.6 is 11.6 Å². The third-order valence-electron chi connectivity index (χ3n) is 2.70. The summed E-state index contributed by atoms with van der Waals surface area (Å²) in [6.07, 6.45) is 1.80. The molecule has 6 nitrogen and oxygen atoms in total. The van der Waals surface area contributed by atoms with Gasteiger partial charge in [-0.3, -0.25) is 19.7 Å². The van der Waals surface area contributed by atoms with Crippen LogP contribution in [0.1, 0.15) is 35.2 Å². The van der Waals surface area contributed by atoms with Gasteiger partial charge in [-0.25, -0.2) is 0 Å². The van der Waals surface area contributed by atoms with Gasteiger partial charge in [0.2, 0.25) is 5.24 Å². The van der Waals surface area contributed by atoms with E-state index in [0.717, 1.165) is 0 Å². The van der Waals surface area contributed by atoms with Gasteiger partial charge in [-0.2, -0.15) is 0 Å². The van der Waals surface area contributed by atoms with Crippen molar-refractivity contribution in [2.75, 3.05) is 6.61 Å². The Hall–Kier alpha value is -1.95. The molecule has 0 saturated carbocycles. The van der Waals surface area contributed by atoms with Crippen LogP contribution < -0.4 is 4.74 Å². The van der Waals surface area contributed by atoms with E-state index >= 15 is 0 Å². The molecule has 0 aliphatic carbocycles. The molecule has 0 spiro atoms. The molecule has 0 atom stereocenters. The summed E-state index contributed by atoms with van der Waals surface area (Å²) in [6, 6.07) is 3.06. The maximum atomic E-state index is 11.0. The molecular formula is C13H14ClNO5. The molecule has 1 rings (SSSR count). The number of nitro benzene ring substituents is 1. The van der Waals surface area contributed by atoms with Gasteiger partial charge in [0.1, 0.15) is 11.3 Å². The topological polar surface area (TPSA) is 86.5 Å². The first-order chi connectivity index (χ1) is 9.47. The Morgan fingerprint density at radius 1 is 1.45 bits per heavy atom. The molecule has 0 aliphatic rings. The minimum Gasteiger partial charge on any atom is -0.493 e. The van der Waals surface area contributed by atoms with Gasteiger partial charge in [-0.1, -0.05) is 0 Å². The van der Waals surface area contributed by atoms with Crippen LogP contribution in [0.15, 0.2) is 12.1 Å². The zero-order valence-electron chi connectivity index (χ0n) is 10.9. The number of carbonyl (C=O) groups excluding carboxylic acids is 2. The van der Waals surface area contributed by atoms with Crippen molar-refractivity contribution >= 4 is 28.8 Å². The summed E-state index contributed by atoms with van der Waals surface area (Å²) in [7, 11) is 0. The second-order valence-corrected chi connectivity index (χ2v) is 4.60. The van der Waals surface area contributed by atoms with Gasteiger partial charge in [-0.05, 0) is 43.5 Å². The van der Waals surface area contributed by atoms with Gasteiger partial charge in [0.15, 0.2) is 6.29 Å². The second-order valence-electron chi connectivity index (χ2n) is 4.18. The van der Waals surface area contributed by atoms with Crippen molar-refractivity contribution < 1.29 is 19.2 Å². The van der Waals surface area contributed by atoms with Crippen LogP contribution in [0.5, 0.6) is 5.75 Å². The van der Waals surface area contributed by atoms with Gasteiger partial charge in [0.25, 0.3) is 5.69 Å². The molecule has 0 radical (unpaired) electrons. The van der Waals surface area contributed by atoms with Crippen molar-refractivity contribution in [3.8, 4) is 5.75 Å². The van der Waals surface area contributed by atoms with Crippen LogP contribution in [0.4, 0.5) is 5.69 Å². The Labute approximate surface area is 120 Å². The quantitative estimate of drug-likeness (QED) is 0.242. The summed E-state index contributed by atoms with van der Waals surface area (Å²) in [5.74, 6) is 0.175. The zero-order valence-corrected chi connectivity index (χ0v) is 11.7. The molecule has 0 aromatic heterocycles. The Morgan fingerprint density at radius 2 is 2.15 bits per heavy atom. The van der Waals surface area contributed by atoms with Crippen molar-refractivity contribution in [3.05, 3.63) is 33.4 Å². The standard InChI is InChI=1S/C13H14ClNO5/c1-9-5-6-11(10(8-16)13(9)15(18)19)20-7-3-2-4-12(14)17/h5-6,8H,2-4,7H2,1H3. The average Bonchev–Trinajstić information content (AvgIpc) is 2.38. The van der Waals surface area contributed by atoms with Crippen molar-refractivity contribution in [3.63, 3.8) is 0 Å². The number of ether oxygens (including phenoxy) is 1. The lowest BCUT2D eigenvalue weighted by Gasteiger charge is -2.09.